The standard InChI is InChI=1S/C20H29N3O2/c1-15(2)22-11-9-20(10-12-22)13-18(24)23(14-19(25)21(3)4)17-8-6-5-7-16(17)20/h5-8,15H,9-14H2,1-4H3. The summed E-state index contributed by atoms with van der Waals surface area (Å²) in [5, 5.41) is 0. The molecule has 1 fully saturated rings. The van der Waals surface area contributed by atoms with Gasteiger partial charge in [0.15, 0.2) is 0 Å². The smallest absolute Gasteiger partial charge is 0.242 e. The van der Waals surface area contributed by atoms with E-state index < -0.39 is 0 Å². The molecule has 0 atom stereocenters. The minimum Gasteiger partial charge on any atom is -0.347 e. The first kappa shape index (κ1) is 17.9. The van der Waals surface area contributed by atoms with Crippen molar-refractivity contribution in [2.24, 2.45) is 0 Å². The summed E-state index contributed by atoms with van der Waals surface area (Å²) in [5.41, 5.74) is 2.09. The quantitative estimate of drug-likeness (QED) is 0.845. The van der Waals surface area contributed by atoms with Crippen molar-refractivity contribution >= 4 is 17.5 Å². The van der Waals surface area contributed by atoms with Gasteiger partial charge >= 0.3 is 0 Å². The van der Waals surface area contributed by atoms with E-state index in [0.29, 0.717) is 12.5 Å². The van der Waals surface area contributed by atoms with Crippen LogP contribution in [-0.4, -0.2) is 61.4 Å². The molecule has 0 radical (unpaired) electrons. The lowest BCUT2D eigenvalue weighted by Gasteiger charge is -2.48. The second-order valence-electron chi connectivity index (χ2n) is 7.87. The Bertz CT molecular complexity index is 661. The minimum absolute atomic E-state index is 0.0475. The molecule has 25 heavy (non-hydrogen) atoms. The van der Waals surface area contributed by atoms with Crippen molar-refractivity contribution in [2.75, 3.05) is 38.6 Å². The topological polar surface area (TPSA) is 43.9 Å². The van der Waals surface area contributed by atoms with Gasteiger partial charge in [-0.1, -0.05) is 18.2 Å². The van der Waals surface area contributed by atoms with Crippen LogP contribution in [0.2, 0.25) is 0 Å². The second kappa shape index (κ2) is 6.79. The van der Waals surface area contributed by atoms with Crippen molar-refractivity contribution in [1.29, 1.82) is 0 Å². The normalized spacial score (nSPS) is 20.0. The van der Waals surface area contributed by atoms with Crippen molar-refractivity contribution < 1.29 is 9.59 Å². The fourth-order valence-electron chi connectivity index (χ4n) is 4.14. The molecule has 2 aliphatic rings. The molecule has 1 spiro atoms. The Hall–Kier alpha value is -1.88. The van der Waals surface area contributed by atoms with Crippen molar-refractivity contribution in [2.45, 2.75) is 44.6 Å². The molecule has 0 bridgehead atoms. The number of carbonyl (C=O) groups is 2. The molecule has 2 aliphatic heterocycles. The average molecular weight is 343 g/mol. The van der Waals surface area contributed by atoms with E-state index >= 15 is 0 Å². The van der Waals surface area contributed by atoms with E-state index in [-0.39, 0.29) is 23.8 Å². The molecule has 0 N–H and O–H groups in total. The van der Waals surface area contributed by atoms with Crippen LogP contribution in [0.15, 0.2) is 24.3 Å². The summed E-state index contributed by atoms with van der Waals surface area (Å²) in [5.74, 6) is 0.0284. The van der Waals surface area contributed by atoms with Crippen LogP contribution in [0.4, 0.5) is 5.69 Å². The van der Waals surface area contributed by atoms with Crippen LogP contribution in [0, 0.1) is 0 Å². The van der Waals surface area contributed by atoms with Gasteiger partial charge in [-0.15, -0.1) is 0 Å². The van der Waals surface area contributed by atoms with E-state index in [1.54, 1.807) is 23.9 Å². The molecule has 136 valence electrons. The molecule has 5 nitrogen and oxygen atoms in total. The number of hydrogen-bond donors (Lipinski definition) is 0. The predicted molar refractivity (Wildman–Crippen MR) is 99.7 cm³/mol. The van der Waals surface area contributed by atoms with Crippen LogP contribution in [0.3, 0.4) is 0 Å². The molecule has 0 unspecified atom stereocenters. The Kier molecular flexibility index (Phi) is 4.87. The van der Waals surface area contributed by atoms with Gasteiger partial charge < -0.3 is 14.7 Å². The summed E-state index contributed by atoms with van der Waals surface area (Å²) in [6.45, 7) is 6.63. The highest BCUT2D eigenvalue weighted by atomic mass is 16.2. The van der Waals surface area contributed by atoms with Gasteiger partial charge in [0.1, 0.15) is 6.54 Å². The lowest BCUT2D eigenvalue weighted by Crippen LogP contribution is -2.52. The first-order valence-electron chi connectivity index (χ1n) is 9.18. The summed E-state index contributed by atoms with van der Waals surface area (Å²) in [4.78, 5) is 30.8. The van der Waals surface area contributed by atoms with Crippen molar-refractivity contribution in [1.82, 2.24) is 9.80 Å². The van der Waals surface area contributed by atoms with E-state index in [9.17, 15) is 9.59 Å². The second-order valence-corrected chi connectivity index (χ2v) is 7.87. The van der Waals surface area contributed by atoms with E-state index in [1.165, 1.54) is 5.56 Å². The first-order chi connectivity index (χ1) is 11.8. The number of fused-ring (bicyclic) bond motifs is 2. The Morgan fingerprint density at radius 2 is 1.84 bits per heavy atom. The summed E-state index contributed by atoms with van der Waals surface area (Å²) < 4.78 is 0. The van der Waals surface area contributed by atoms with Gasteiger partial charge in [-0.25, -0.2) is 0 Å². The molecule has 2 amide bonds. The van der Waals surface area contributed by atoms with Crippen molar-refractivity contribution in [3.05, 3.63) is 29.8 Å². The number of piperidine rings is 1. The largest absolute Gasteiger partial charge is 0.347 e. The van der Waals surface area contributed by atoms with Gasteiger partial charge in [0.05, 0.1) is 0 Å². The van der Waals surface area contributed by atoms with Gasteiger partial charge in [0, 0.05) is 37.7 Å². The van der Waals surface area contributed by atoms with Gasteiger partial charge in [-0.2, -0.15) is 0 Å². The summed E-state index contributed by atoms with van der Waals surface area (Å²) in [6.07, 6.45) is 2.52. The fourth-order valence-corrected chi connectivity index (χ4v) is 4.14. The van der Waals surface area contributed by atoms with Gasteiger partial charge in [-0.05, 0) is 51.4 Å². The maximum atomic E-state index is 12.9. The number of hydrogen-bond acceptors (Lipinski definition) is 3. The molecule has 1 saturated heterocycles. The first-order valence-corrected chi connectivity index (χ1v) is 9.18. The molecule has 3 rings (SSSR count). The van der Waals surface area contributed by atoms with Crippen molar-refractivity contribution in [3.63, 3.8) is 0 Å². The Labute approximate surface area is 150 Å². The zero-order chi connectivity index (χ0) is 18.2. The molecular weight excluding hydrogens is 314 g/mol. The Morgan fingerprint density at radius 3 is 2.44 bits per heavy atom. The molecular formula is C20H29N3O2. The number of amides is 2. The van der Waals surface area contributed by atoms with Crippen LogP contribution in [-0.2, 0) is 15.0 Å². The summed E-state index contributed by atoms with van der Waals surface area (Å²) in [6, 6.07) is 8.70. The predicted octanol–water partition coefficient (Wildman–Crippen LogP) is 2.25. The Morgan fingerprint density at radius 1 is 1.20 bits per heavy atom. The highest BCUT2D eigenvalue weighted by Crippen LogP contribution is 2.47. The van der Waals surface area contributed by atoms with Gasteiger partial charge in [-0.3, -0.25) is 9.59 Å². The van der Waals surface area contributed by atoms with Crippen LogP contribution >= 0.6 is 0 Å². The monoisotopic (exact) mass is 343 g/mol. The maximum Gasteiger partial charge on any atom is 0.242 e. The third-order valence-electron chi connectivity index (χ3n) is 5.83. The number of anilines is 1. The number of carbonyl (C=O) groups excluding carboxylic acids is 2. The molecule has 0 aliphatic carbocycles. The summed E-state index contributed by atoms with van der Waals surface area (Å²) in [7, 11) is 3.46. The lowest BCUT2D eigenvalue weighted by molar-refractivity contribution is -0.130. The van der Waals surface area contributed by atoms with Gasteiger partial charge in [0.25, 0.3) is 0 Å². The Balaban J connectivity index is 1.91. The number of likely N-dealkylation sites (tertiary alicyclic amines) is 1. The zero-order valence-electron chi connectivity index (χ0n) is 15.8. The van der Waals surface area contributed by atoms with E-state index in [0.717, 1.165) is 31.6 Å². The van der Waals surface area contributed by atoms with Crippen LogP contribution in [0.5, 0.6) is 0 Å². The number of rotatable bonds is 3. The van der Waals surface area contributed by atoms with Crippen LogP contribution in [0.25, 0.3) is 0 Å². The van der Waals surface area contributed by atoms with Gasteiger partial charge in [0.2, 0.25) is 11.8 Å². The average Bonchev–Trinajstić information content (AvgIpc) is 2.58. The third-order valence-corrected chi connectivity index (χ3v) is 5.83. The van der Waals surface area contributed by atoms with E-state index in [1.807, 2.05) is 12.1 Å². The molecule has 1 aromatic rings. The number of para-hydroxylation sites is 1. The molecule has 1 aromatic carbocycles. The fraction of sp³-hybridized carbons (Fsp3) is 0.600. The highest BCUT2D eigenvalue weighted by molar-refractivity contribution is 6.02. The lowest BCUT2D eigenvalue weighted by atomic mass is 9.67. The molecule has 0 saturated carbocycles. The number of likely N-dealkylation sites (N-methyl/N-ethyl adjacent to an activating group) is 1. The zero-order valence-corrected chi connectivity index (χ0v) is 15.8. The molecule has 5 heteroatoms. The third kappa shape index (κ3) is 3.30. The summed E-state index contributed by atoms with van der Waals surface area (Å²) >= 11 is 0. The highest BCUT2D eigenvalue weighted by Gasteiger charge is 2.45. The van der Waals surface area contributed by atoms with Crippen LogP contribution < -0.4 is 4.90 Å². The minimum atomic E-state index is -0.0727. The number of nitrogens with zero attached hydrogens (tertiary/aromatic N) is 3. The molecule has 2 heterocycles. The maximum absolute atomic E-state index is 12.9. The molecule has 0 aromatic heterocycles. The SMILES string of the molecule is CC(C)N1CCC2(CC1)CC(=O)N(CC(=O)N(C)C)c1ccccc12. The van der Waals surface area contributed by atoms with E-state index in [4.69, 9.17) is 0 Å². The number of benzene rings is 1. The van der Waals surface area contributed by atoms with Crippen LogP contribution in [0.1, 0.15) is 38.7 Å². The van der Waals surface area contributed by atoms with Crippen molar-refractivity contribution in [3.8, 4) is 0 Å². The van der Waals surface area contributed by atoms with E-state index in [2.05, 4.69) is 30.9 Å².